The Labute approximate surface area is 95.8 Å². The zero-order valence-electron chi connectivity index (χ0n) is 8.29. The van der Waals surface area contributed by atoms with Gasteiger partial charge in [0.1, 0.15) is 11.2 Å². The normalized spacial score (nSPS) is 10.8. The number of thiophene rings is 1. The fourth-order valence-electron chi connectivity index (χ4n) is 1.61. The Morgan fingerprint density at radius 3 is 3.00 bits per heavy atom. The van der Waals surface area contributed by atoms with E-state index in [0.717, 1.165) is 21.5 Å². The minimum absolute atomic E-state index is 0.638. The highest BCUT2D eigenvalue weighted by atomic mass is 32.1. The summed E-state index contributed by atoms with van der Waals surface area (Å²) in [5, 5.41) is 3.04. The second-order valence-electron chi connectivity index (χ2n) is 3.37. The molecule has 5 heteroatoms. The van der Waals surface area contributed by atoms with Crippen LogP contribution in [0.4, 0.5) is 5.69 Å². The SMILES string of the molecule is Nc1cncc(-c2ncnc3sccc23)c1. The summed E-state index contributed by atoms with van der Waals surface area (Å²) < 4.78 is 0. The minimum atomic E-state index is 0.638. The molecule has 4 nitrogen and oxygen atoms in total. The number of hydrogen-bond acceptors (Lipinski definition) is 5. The fraction of sp³-hybridized carbons (Fsp3) is 0. The molecule has 0 fully saturated rings. The van der Waals surface area contributed by atoms with Crippen molar-refractivity contribution in [3.8, 4) is 11.3 Å². The summed E-state index contributed by atoms with van der Waals surface area (Å²) in [6, 6.07) is 3.88. The van der Waals surface area contributed by atoms with E-state index in [-0.39, 0.29) is 0 Å². The molecule has 3 aromatic rings. The molecule has 78 valence electrons. The molecule has 0 radical (unpaired) electrons. The summed E-state index contributed by atoms with van der Waals surface area (Å²) in [6.07, 6.45) is 4.95. The third-order valence-electron chi connectivity index (χ3n) is 2.29. The zero-order valence-corrected chi connectivity index (χ0v) is 9.11. The van der Waals surface area contributed by atoms with Gasteiger partial charge in [-0.1, -0.05) is 0 Å². The van der Waals surface area contributed by atoms with Crippen molar-refractivity contribution in [1.29, 1.82) is 0 Å². The Kier molecular flexibility index (Phi) is 2.04. The lowest BCUT2D eigenvalue weighted by atomic mass is 10.1. The van der Waals surface area contributed by atoms with Crippen LogP contribution >= 0.6 is 11.3 Å². The molecule has 0 bridgehead atoms. The maximum absolute atomic E-state index is 5.71. The van der Waals surface area contributed by atoms with E-state index in [1.54, 1.807) is 30.1 Å². The number of fused-ring (bicyclic) bond motifs is 1. The topological polar surface area (TPSA) is 64.7 Å². The van der Waals surface area contributed by atoms with Crippen LogP contribution in [0.1, 0.15) is 0 Å². The molecular weight excluding hydrogens is 220 g/mol. The Morgan fingerprint density at radius 1 is 1.19 bits per heavy atom. The van der Waals surface area contributed by atoms with Gasteiger partial charge in [-0.2, -0.15) is 0 Å². The second-order valence-corrected chi connectivity index (χ2v) is 4.26. The molecule has 0 saturated carbocycles. The van der Waals surface area contributed by atoms with Gasteiger partial charge in [0.15, 0.2) is 0 Å². The van der Waals surface area contributed by atoms with Crippen molar-refractivity contribution in [2.24, 2.45) is 0 Å². The highest BCUT2D eigenvalue weighted by Gasteiger charge is 2.07. The van der Waals surface area contributed by atoms with Crippen molar-refractivity contribution in [2.75, 3.05) is 5.73 Å². The first kappa shape index (κ1) is 9.23. The van der Waals surface area contributed by atoms with Crippen LogP contribution in [-0.4, -0.2) is 15.0 Å². The van der Waals surface area contributed by atoms with Crippen LogP contribution in [0.15, 0.2) is 36.2 Å². The van der Waals surface area contributed by atoms with E-state index >= 15 is 0 Å². The van der Waals surface area contributed by atoms with E-state index in [9.17, 15) is 0 Å². The third-order valence-corrected chi connectivity index (χ3v) is 3.12. The first-order valence-corrected chi connectivity index (χ1v) is 5.61. The number of nitrogens with two attached hydrogens (primary N) is 1. The molecule has 2 N–H and O–H groups in total. The Balaban J connectivity index is 2.29. The highest BCUT2D eigenvalue weighted by molar-refractivity contribution is 7.16. The van der Waals surface area contributed by atoms with E-state index in [2.05, 4.69) is 15.0 Å². The van der Waals surface area contributed by atoms with Crippen molar-refractivity contribution >= 4 is 27.2 Å². The summed E-state index contributed by atoms with van der Waals surface area (Å²) >= 11 is 1.60. The molecule has 3 aromatic heterocycles. The van der Waals surface area contributed by atoms with Crippen molar-refractivity contribution in [3.63, 3.8) is 0 Å². The maximum Gasteiger partial charge on any atom is 0.127 e. The summed E-state index contributed by atoms with van der Waals surface area (Å²) in [6.45, 7) is 0. The fourth-order valence-corrected chi connectivity index (χ4v) is 2.34. The first-order chi connectivity index (χ1) is 7.84. The van der Waals surface area contributed by atoms with Crippen molar-refractivity contribution in [3.05, 3.63) is 36.2 Å². The van der Waals surface area contributed by atoms with Crippen molar-refractivity contribution in [1.82, 2.24) is 15.0 Å². The predicted octanol–water partition coefficient (Wildman–Crippen LogP) is 2.34. The predicted molar refractivity (Wildman–Crippen MR) is 65.1 cm³/mol. The molecule has 3 rings (SSSR count). The Hall–Kier alpha value is -2.01. The van der Waals surface area contributed by atoms with Crippen LogP contribution < -0.4 is 5.73 Å². The van der Waals surface area contributed by atoms with Crippen LogP contribution in [0.25, 0.3) is 21.5 Å². The molecule has 0 unspecified atom stereocenters. The van der Waals surface area contributed by atoms with Gasteiger partial charge in [0.05, 0.1) is 11.4 Å². The van der Waals surface area contributed by atoms with Crippen molar-refractivity contribution < 1.29 is 0 Å². The lowest BCUT2D eigenvalue weighted by Crippen LogP contribution is -1.90. The number of nitrogen functional groups attached to an aromatic ring is 1. The highest BCUT2D eigenvalue weighted by Crippen LogP contribution is 2.28. The molecule has 0 spiro atoms. The monoisotopic (exact) mass is 228 g/mol. The van der Waals surface area contributed by atoms with Crippen LogP contribution in [-0.2, 0) is 0 Å². The molecule has 0 saturated heterocycles. The summed E-state index contributed by atoms with van der Waals surface area (Å²) in [7, 11) is 0. The first-order valence-electron chi connectivity index (χ1n) is 4.74. The number of rotatable bonds is 1. The molecule has 0 aliphatic heterocycles. The molecule has 0 aliphatic rings. The van der Waals surface area contributed by atoms with E-state index in [1.807, 2.05) is 17.5 Å². The van der Waals surface area contributed by atoms with Gasteiger partial charge in [-0.25, -0.2) is 9.97 Å². The summed E-state index contributed by atoms with van der Waals surface area (Å²) in [5.74, 6) is 0. The van der Waals surface area contributed by atoms with Gasteiger partial charge < -0.3 is 5.73 Å². The third kappa shape index (κ3) is 1.42. The molecule has 0 aromatic carbocycles. The van der Waals surface area contributed by atoms with Gasteiger partial charge in [-0.3, -0.25) is 4.98 Å². The number of nitrogens with zero attached hydrogens (tertiary/aromatic N) is 3. The number of aromatic nitrogens is 3. The smallest absolute Gasteiger partial charge is 0.127 e. The van der Waals surface area contributed by atoms with Gasteiger partial charge in [0.2, 0.25) is 0 Å². The van der Waals surface area contributed by atoms with Crippen LogP contribution in [0.3, 0.4) is 0 Å². The molecular formula is C11H8N4S. The van der Waals surface area contributed by atoms with Gasteiger partial charge in [-0.15, -0.1) is 11.3 Å². The molecule has 16 heavy (non-hydrogen) atoms. The zero-order chi connectivity index (χ0) is 11.0. The van der Waals surface area contributed by atoms with E-state index in [1.165, 1.54) is 0 Å². The number of anilines is 1. The lowest BCUT2D eigenvalue weighted by molar-refractivity contribution is 1.22. The van der Waals surface area contributed by atoms with Crippen molar-refractivity contribution in [2.45, 2.75) is 0 Å². The Bertz CT molecular complexity index is 647. The largest absolute Gasteiger partial charge is 0.397 e. The van der Waals surface area contributed by atoms with E-state index in [0.29, 0.717) is 5.69 Å². The van der Waals surface area contributed by atoms with Crippen LogP contribution in [0.5, 0.6) is 0 Å². The van der Waals surface area contributed by atoms with E-state index in [4.69, 9.17) is 5.73 Å². The second kappa shape index (κ2) is 3.53. The molecule has 3 heterocycles. The van der Waals surface area contributed by atoms with Gasteiger partial charge in [0.25, 0.3) is 0 Å². The molecule has 0 aliphatic carbocycles. The van der Waals surface area contributed by atoms with E-state index < -0.39 is 0 Å². The average molecular weight is 228 g/mol. The average Bonchev–Trinajstić information content (AvgIpc) is 2.76. The van der Waals surface area contributed by atoms with Gasteiger partial charge >= 0.3 is 0 Å². The lowest BCUT2D eigenvalue weighted by Gasteiger charge is -2.02. The number of hydrogen-bond donors (Lipinski definition) is 1. The summed E-state index contributed by atoms with van der Waals surface area (Å²) in [4.78, 5) is 13.5. The molecule has 0 atom stereocenters. The number of pyridine rings is 1. The molecule has 0 amide bonds. The summed E-state index contributed by atoms with van der Waals surface area (Å²) in [5.41, 5.74) is 8.15. The standard InChI is InChI=1S/C11H8N4S/c12-8-3-7(4-13-5-8)10-9-1-2-16-11(9)15-6-14-10/h1-6H,12H2. The quantitative estimate of drug-likeness (QED) is 0.694. The Morgan fingerprint density at radius 2 is 2.12 bits per heavy atom. The minimum Gasteiger partial charge on any atom is -0.397 e. The van der Waals surface area contributed by atoms with Crippen LogP contribution in [0.2, 0.25) is 0 Å². The maximum atomic E-state index is 5.71. The van der Waals surface area contributed by atoms with Gasteiger partial charge in [0, 0.05) is 23.3 Å². The van der Waals surface area contributed by atoms with Gasteiger partial charge in [-0.05, 0) is 17.5 Å². The van der Waals surface area contributed by atoms with Crippen LogP contribution in [0, 0.1) is 0 Å².